The molecule has 66 valence electrons. The number of amides is 2. The Morgan fingerprint density at radius 2 is 2.33 bits per heavy atom. The van der Waals surface area contributed by atoms with Gasteiger partial charge in [0.1, 0.15) is 0 Å². The summed E-state index contributed by atoms with van der Waals surface area (Å²) in [5, 5.41) is 2.79. The smallest absolute Gasteiger partial charge is 0.242 e. The fourth-order valence-electron chi connectivity index (χ4n) is 0.955. The summed E-state index contributed by atoms with van der Waals surface area (Å²) in [5.41, 5.74) is 0. The molecule has 0 saturated carbocycles. The summed E-state index contributed by atoms with van der Waals surface area (Å²) in [7, 11) is 0. The van der Waals surface area contributed by atoms with Crippen LogP contribution in [0.25, 0.3) is 0 Å². The summed E-state index contributed by atoms with van der Waals surface area (Å²) in [6, 6.07) is 0. The molecular formula is C7H9ClN2O2. The zero-order chi connectivity index (χ0) is 9.14. The van der Waals surface area contributed by atoms with Crippen molar-refractivity contribution in [3.63, 3.8) is 0 Å². The van der Waals surface area contributed by atoms with Crippen LogP contribution in [-0.2, 0) is 9.59 Å². The molecule has 1 aliphatic rings. The van der Waals surface area contributed by atoms with Gasteiger partial charge in [-0.1, -0.05) is 18.2 Å². The van der Waals surface area contributed by atoms with Crippen molar-refractivity contribution in [2.75, 3.05) is 19.6 Å². The number of hydrogen-bond donors (Lipinski definition) is 1. The molecule has 0 spiro atoms. The Morgan fingerprint density at radius 1 is 1.67 bits per heavy atom. The maximum atomic E-state index is 11.1. The lowest BCUT2D eigenvalue weighted by atomic mass is 10.3. The first-order valence-corrected chi connectivity index (χ1v) is 3.85. The first kappa shape index (κ1) is 9.06. The van der Waals surface area contributed by atoms with Crippen LogP contribution in [0.1, 0.15) is 0 Å². The SMILES string of the molecule is C=C(Cl)CN1CC(=O)NCC1=O. The second-order valence-corrected chi connectivity index (χ2v) is 3.08. The molecule has 12 heavy (non-hydrogen) atoms. The molecule has 0 unspecified atom stereocenters. The summed E-state index contributed by atoms with van der Waals surface area (Å²) >= 11 is 5.50. The molecule has 0 aliphatic carbocycles. The summed E-state index contributed by atoms with van der Waals surface area (Å²) < 4.78 is 0. The Bertz CT molecular complexity index is 238. The van der Waals surface area contributed by atoms with Gasteiger partial charge in [0.05, 0.1) is 19.6 Å². The van der Waals surface area contributed by atoms with Crippen molar-refractivity contribution in [2.24, 2.45) is 0 Å². The van der Waals surface area contributed by atoms with Gasteiger partial charge in [-0.3, -0.25) is 9.59 Å². The third-order valence-corrected chi connectivity index (χ3v) is 1.61. The minimum absolute atomic E-state index is 0.0585. The average molecular weight is 189 g/mol. The molecular weight excluding hydrogens is 180 g/mol. The third-order valence-electron chi connectivity index (χ3n) is 1.49. The van der Waals surface area contributed by atoms with E-state index in [1.807, 2.05) is 0 Å². The van der Waals surface area contributed by atoms with Crippen molar-refractivity contribution in [3.05, 3.63) is 11.6 Å². The highest BCUT2D eigenvalue weighted by molar-refractivity contribution is 6.29. The van der Waals surface area contributed by atoms with Crippen LogP contribution >= 0.6 is 11.6 Å². The molecule has 1 N–H and O–H groups in total. The molecule has 5 heteroatoms. The van der Waals surface area contributed by atoms with Gasteiger partial charge >= 0.3 is 0 Å². The van der Waals surface area contributed by atoms with Gasteiger partial charge in [0.2, 0.25) is 11.8 Å². The summed E-state index contributed by atoms with van der Waals surface area (Å²) in [6.07, 6.45) is 0. The standard InChI is InChI=1S/C7H9ClN2O2/c1-5(8)3-10-4-6(11)9-2-7(10)12/h1-4H2,(H,9,11). The van der Waals surface area contributed by atoms with Gasteiger partial charge < -0.3 is 10.2 Å². The Kier molecular flexibility index (Phi) is 2.70. The lowest BCUT2D eigenvalue weighted by Crippen LogP contribution is -2.51. The molecule has 1 heterocycles. The van der Waals surface area contributed by atoms with Gasteiger partial charge in [-0.25, -0.2) is 0 Å². The number of nitrogens with zero attached hydrogens (tertiary/aromatic N) is 1. The Hall–Kier alpha value is -1.03. The summed E-state index contributed by atoms with van der Waals surface area (Å²) in [4.78, 5) is 23.3. The summed E-state index contributed by atoms with van der Waals surface area (Å²) in [6.45, 7) is 3.82. The largest absolute Gasteiger partial charge is 0.345 e. The third kappa shape index (κ3) is 2.23. The monoisotopic (exact) mass is 188 g/mol. The number of halogens is 1. The number of carbonyl (C=O) groups excluding carboxylic acids is 2. The predicted molar refractivity (Wildman–Crippen MR) is 44.6 cm³/mol. The zero-order valence-electron chi connectivity index (χ0n) is 6.47. The number of rotatable bonds is 2. The number of hydrogen-bond acceptors (Lipinski definition) is 2. The fourth-order valence-corrected chi connectivity index (χ4v) is 1.10. The van der Waals surface area contributed by atoms with Gasteiger partial charge in [0, 0.05) is 5.03 Å². The fraction of sp³-hybridized carbons (Fsp3) is 0.429. The normalized spacial score (nSPS) is 17.6. The topological polar surface area (TPSA) is 49.4 Å². The second kappa shape index (κ2) is 3.58. The molecule has 1 saturated heterocycles. The van der Waals surface area contributed by atoms with Crippen molar-refractivity contribution in [3.8, 4) is 0 Å². The molecule has 2 amide bonds. The van der Waals surface area contributed by atoms with E-state index >= 15 is 0 Å². The second-order valence-electron chi connectivity index (χ2n) is 2.54. The van der Waals surface area contributed by atoms with Crippen molar-refractivity contribution in [1.29, 1.82) is 0 Å². The van der Waals surface area contributed by atoms with Crippen molar-refractivity contribution >= 4 is 23.4 Å². The van der Waals surface area contributed by atoms with Crippen LogP contribution in [0.4, 0.5) is 0 Å². The minimum atomic E-state index is -0.160. The number of piperazine rings is 1. The summed E-state index contributed by atoms with van der Waals surface area (Å²) in [5.74, 6) is -0.288. The molecule has 1 rings (SSSR count). The van der Waals surface area contributed by atoms with Gasteiger partial charge in [-0.15, -0.1) is 0 Å². The van der Waals surface area contributed by atoms with E-state index in [1.165, 1.54) is 4.90 Å². The first-order chi connectivity index (χ1) is 5.59. The highest BCUT2D eigenvalue weighted by atomic mass is 35.5. The van der Waals surface area contributed by atoms with E-state index in [9.17, 15) is 9.59 Å². The van der Waals surface area contributed by atoms with Gasteiger partial charge in [0.25, 0.3) is 0 Å². The molecule has 0 aromatic carbocycles. The quantitative estimate of drug-likeness (QED) is 0.647. The van der Waals surface area contributed by atoms with Gasteiger partial charge in [-0.2, -0.15) is 0 Å². The van der Waals surface area contributed by atoms with E-state index in [2.05, 4.69) is 11.9 Å². The van der Waals surface area contributed by atoms with Gasteiger partial charge in [0.15, 0.2) is 0 Å². The van der Waals surface area contributed by atoms with Crippen molar-refractivity contribution in [2.45, 2.75) is 0 Å². The van der Waals surface area contributed by atoms with Crippen LogP contribution in [0.5, 0.6) is 0 Å². The van der Waals surface area contributed by atoms with Gasteiger partial charge in [-0.05, 0) is 0 Å². The van der Waals surface area contributed by atoms with Crippen LogP contribution < -0.4 is 5.32 Å². The Morgan fingerprint density at radius 3 is 2.92 bits per heavy atom. The highest BCUT2D eigenvalue weighted by Crippen LogP contribution is 2.03. The van der Waals surface area contributed by atoms with E-state index in [-0.39, 0.29) is 31.4 Å². The lowest BCUT2D eigenvalue weighted by molar-refractivity contribution is -0.140. The zero-order valence-corrected chi connectivity index (χ0v) is 7.23. The van der Waals surface area contributed by atoms with Crippen molar-refractivity contribution in [1.82, 2.24) is 10.2 Å². The maximum absolute atomic E-state index is 11.1. The maximum Gasteiger partial charge on any atom is 0.242 e. The molecule has 1 fully saturated rings. The first-order valence-electron chi connectivity index (χ1n) is 3.47. The average Bonchev–Trinajstić information content (AvgIpc) is 1.96. The molecule has 0 atom stereocenters. The lowest BCUT2D eigenvalue weighted by Gasteiger charge is -2.25. The van der Waals surface area contributed by atoms with E-state index in [4.69, 9.17) is 11.6 Å². The van der Waals surface area contributed by atoms with Crippen LogP contribution in [0, 0.1) is 0 Å². The molecule has 0 radical (unpaired) electrons. The van der Waals surface area contributed by atoms with Crippen LogP contribution in [0.3, 0.4) is 0 Å². The van der Waals surface area contributed by atoms with E-state index < -0.39 is 0 Å². The minimum Gasteiger partial charge on any atom is -0.345 e. The van der Waals surface area contributed by atoms with E-state index in [0.29, 0.717) is 5.03 Å². The van der Waals surface area contributed by atoms with Crippen LogP contribution in [-0.4, -0.2) is 36.3 Å². The molecule has 1 aliphatic heterocycles. The highest BCUT2D eigenvalue weighted by Gasteiger charge is 2.22. The Labute approximate surface area is 75.2 Å². The van der Waals surface area contributed by atoms with Crippen LogP contribution in [0.2, 0.25) is 0 Å². The van der Waals surface area contributed by atoms with Crippen molar-refractivity contribution < 1.29 is 9.59 Å². The molecule has 4 nitrogen and oxygen atoms in total. The van der Waals surface area contributed by atoms with Crippen LogP contribution in [0.15, 0.2) is 11.6 Å². The van der Waals surface area contributed by atoms with E-state index in [0.717, 1.165) is 0 Å². The Balaban J connectivity index is 2.55. The molecule has 0 aromatic heterocycles. The molecule has 0 bridgehead atoms. The molecule has 0 aromatic rings. The van der Waals surface area contributed by atoms with E-state index in [1.54, 1.807) is 0 Å². The number of nitrogens with one attached hydrogen (secondary N) is 1. The number of carbonyl (C=O) groups is 2. The predicted octanol–water partition coefficient (Wildman–Crippen LogP) is -0.303.